The Bertz CT molecular complexity index is 503. The molecule has 150 valence electrons. The van der Waals surface area contributed by atoms with Crippen molar-refractivity contribution in [3.63, 3.8) is 0 Å². The van der Waals surface area contributed by atoms with Gasteiger partial charge in [0.15, 0.2) is 0 Å². The lowest BCUT2D eigenvalue weighted by atomic mass is 9.79. The predicted molar refractivity (Wildman–Crippen MR) is 96.3 cm³/mol. The van der Waals surface area contributed by atoms with Gasteiger partial charge >= 0.3 is 18.0 Å². The van der Waals surface area contributed by atoms with Crippen LogP contribution in [0.25, 0.3) is 0 Å². The molecule has 0 radical (unpaired) electrons. The van der Waals surface area contributed by atoms with Gasteiger partial charge in [0, 0.05) is 12.0 Å². The first kappa shape index (κ1) is 22.3. The Kier molecular flexibility index (Phi) is 7.90. The highest BCUT2D eigenvalue weighted by atomic mass is 16.7. The van der Waals surface area contributed by atoms with Crippen LogP contribution in [-0.4, -0.2) is 35.5 Å². The molecule has 26 heavy (non-hydrogen) atoms. The molecular formula is C19H33NO6. The second-order valence-electron chi connectivity index (χ2n) is 8.56. The van der Waals surface area contributed by atoms with E-state index in [4.69, 9.17) is 14.6 Å². The molecule has 1 aliphatic rings. The summed E-state index contributed by atoms with van der Waals surface area (Å²) in [7, 11) is 0. The van der Waals surface area contributed by atoms with E-state index in [9.17, 15) is 14.4 Å². The van der Waals surface area contributed by atoms with E-state index < -0.39 is 29.7 Å². The first-order chi connectivity index (χ1) is 11.9. The number of hydrogen-bond acceptors (Lipinski definition) is 5. The van der Waals surface area contributed by atoms with Gasteiger partial charge in [-0.15, -0.1) is 0 Å². The number of amides is 1. The zero-order valence-electron chi connectivity index (χ0n) is 16.7. The third-order valence-corrected chi connectivity index (χ3v) is 4.78. The van der Waals surface area contributed by atoms with E-state index in [1.165, 1.54) is 0 Å². The van der Waals surface area contributed by atoms with Gasteiger partial charge in [-0.25, -0.2) is 4.79 Å². The van der Waals surface area contributed by atoms with E-state index in [2.05, 4.69) is 5.32 Å². The Labute approximate surface area is 155 Å². The Morgan fingerprint density at radius 1 is 1.00 bits per heavy atom. The highest BCUT2D eigenvalue weighted by Gasteiger charge is 2.32. The van der Waals surface area contributed by atoms with Gasteiger partial charge in [0.1, 0.15) is 0 Å². The number of hydrogen-bond donors (Lipinski definition) is 2. The van der Waals surface area contributed by atoms with Crippen molar-refractivity contribution in [3.8, 4) is 0 Å². The van der Waals surface area contributed by atoms with Gasteiger partial charge in [-0.2, -0.15) is 0 Å². The summed E-state index contributed by atoms with van der Waals surface area (Å²) in [5.41, 5.74) is -0.678. The number of aliphatic carboxylic acids is 1. The second kappa shape index (κ2) is 9.24. The van der Waals surface area contributed by atoms with Gasteiger partial charge in [-0.1, -0.05) is 13.8 Å². The maximum Gasteiger partial charge on any atom is 0.410 e. The molecule has 0 spiro atoms. The normalized spacial score (nSPS) is 23.0. The van der Waals surface area contributed by atoms with E-state index in [-0.39, 0.29) is 23.8 Å². The van der Waals surface area contributed by atoms with E-state index >= 15 is 0 Å². The average Bonchev–Trinajstić information content (AvgIpc) is 2.53. The van der Waals surface area contributed by atoms with Crippen LogP contribution in [0.4, 0.5) is 4.79 Å². The van der Waals surface area contributed by atoms with Crippen LogP contribution in [0.2, 0.25) is 0 Å². The molecule has 2 N–H and O–H groups in total. The predicted octanol–water partition coefficient (Wildman–Crippen LogP) is 3.56. The molecule has 0 bridgehead atoms. The molecule has 0 aromatic heterocycles. The van der Waals surface area contributed by atoms with Gasteiger partial charge in [0.25, 0.3) is 6.29 Å². The summed E-state index contributed by atoms with van der Waals surface area (Å²) in [4.78, 5) is 35.3. The maximum atomic E-state index is 12.2. The SMILES string of the molecule is CC(C)C(OC(=O)NC(C)[C@H]1CC[C@H](C(=O)O)CC1)OC(=O)C(C)(C)C. The molecule has 1 fully saturated rings. The Morgan fingerprint density at radius 3 is 1.96 bits per heavy atom. The molecule has 0 saturated heterocycles. The third kappa shape index (κ3) is 6.84. The molecule has 0 aromatic rings. The summed E-state index contributed by atoms with van der Waals surface area (Å²) < 4.78 is 10.6. The zero-order chi connectivity index (χ0) is 20.1. The monoisotopic (exact) mass is 371 g/mol. The molecular weight excluding hydrogens is 338 g/mol. The van der Waals surface area contributed by atoms with Gasteiger partial charge in [0.2, 0.25) is 0 Å². The van der Waals surface area contributed by atoms with Crippen molar-refractivity contribution < 1.29 is 29.0 Å². The van der Waals surface area contributed by atoms with Crippen LogP contribution in [0.5, 0.6) is 0 Å². The first-order valence-electron chi connectivity index (χ1n) is 9.32. The Balaban J connectivity index is 2.52. The number of esters is 1. The number of carbonyl (C=O) groups excluding carboxylic acids is 2. The van der Waals surface area contributed by atoms with Crippen molar-refractivity contribution in [1.29, 1.82) is 0 Å². The molecule has 1 aliphatic carbocycles. The lowest BCUT2D eigenvalue weighted by molar-refractivity contribution is -0.184. The smallest absolute Gasteiger partial charge is 0.410 e. The summed E-state index contributed by atoms with van der Waals surface area (Å²) in [5, 5.41) is 11.8. The van der Waals surface area contributed by atoms with Crippen molar-refractivity contribution >= 4 is 18.0 Å². The molecule has 0 aliphatic heterocycles. The minimum absolute atomic E-state index is 0.136. The van der Waals surface area contributed by atoms with Gasteiger partial charge in [-0.05, 0) is 59.3 Å². The molecule has 0 aromatic carbocycles. The lowest BCUT2D eigenvalue weighted by Gasteiger charge is -2.31. The number of rotatable bonds is 6. The van der Waals surface area contributed by atoms with Crippen molar-refractivity contribution in [2.24, 2.45) is 23.2 Å². The Morgan fingerprint density at radius 2 is 1.54 bits per heavy atom. The van der Waals surface area contributed by atoms with Crippen LogP contribution in [0, 0.1) is 23.2 Å². The topological polar surface area (TPSA) is 102 Å². The first-order valence-corrected chi connectivity index (χ1v) is 9.32. The largest absolute Gasteiger partial charge is 0.481 e. The fourth-order valence-electron chi connectivity index (χ4n) is 2.89. The van der Waals surface area contributed by atoms with Crippen molar-refractivity contribution in [2.45, 2.75) is 79.6 Å². The van der Waals surface area contributed by atoms with Gasteiger partial charge in [0.05, 0.1) is 11.3 Å². The highest BCUT2D eigenvalue weighted by Crippen LogP contribution is 2.31. The fraction of sp³-hybridized carbons (Fsp3) is 0.842. The molecule has 1 saturated carbocycles. The summed E-state index contributed by atoms with van der Waals surface area (Å²) in [6.07, 6.45) is 1.18. The van der Waals surface area contributed by atoms with Crippen LogP contribution in [0.1, 0.15) is 67.2 Å². The number of alkyl carbamates (subject to hydrolysis) is 1. The lowest BCUT2D eigenvalue weighted by Crippen LogP contribution is -2.43. The molecule has 2 unspecified atom stereocenters. The van der Waals surface area contributed by atoms with Crippen LogP contribution in [0.15, 0.2) is 0 Å². The van der Waals surface area contributed by atoms with Crippen LogP contribution in [0.3, 0.4) is 0 Å². The van der Waals surface area contributed by atoms with E-state index in [1.54, 1.807) is 20.8 Å². The standard InChI is InChI=1S/C19H33NO6/c1-11(2)16(25-17(23)19(4,5)6)26-18(24)20-12(3)13-7-9-14(10-8-13)15(21)22/h11-14,16H,7-10H2,1-6H3,(H,20,24)(H,21,22)/t12?,13-,14-,16?. The molecule has 7 heteroatoms. The molecule has 1 amide bonds. The van der Waals surface area contributed by atoms with Crippen LogP contribution in [-0.2, 0) is 19.1 Å². The molecule has 2 atom stereocenters. The van der Waals surface area contributed by atoms with Crippen molar-refractivity contribution in [1.82, 2.24) is 5.32 Å². The number of carboxylic acid groups (broad SMARTS) is 1. The zero-order valence-corrected chi connectivity index (χ0v) is 16.7. The summed E-state index contributed by atoms with van der Waals surface area (Å²) >= 11 is 0. The van der Waals surface area contributed by atoms with Crippen molar-refractivity contribution in [3.05, 3.63) is 0 Å². The van der Waals surface area contributed by atoms with E-state index in [0.29, 0.717) is 12.8 Å². The highest BCUT2D eigenvalue weighted by molar-refractivity contribution is 5.75. The van der Waals surface area contributed by atoms with E-state index in [1.807, 2.05) is 20.8 Å². The van der Waals surface area contributed by atoms with Gasteiger partial charge in [-0.3, -0.25) is 9.59 Å². The summed E-state index contributed by atoms with van der Waals surface area (Å²) in [6.45, 7) is 10.7. The minimum atomic E-state index is -0.948. The number of carbonyl (C=O) groups is 3. The van der Waals surface area contributed by atoms with Crippen molar-refractivity contribution in [2.75, 3.05) is 0 Å². The number of carboxylic acids is 1. The number of nitrogens with one attached hydrogen (secondary N) is 1. The summed E-state index contributed by atoms with van der Waals surface area (Å²) in [6, 6.07) is -0.136. The third-order valence-electron chi connectivity index (χ3n) is 4.78. The number of ether oxygens (including phenoxy) is 2. The average molecular weight is 371 g/mol. The molecule has 0 heterocycles. The second-order valence-corrected chi connectivity index (χ2v) is 8.56. The van der Waals surface area contributed by atoms with Crippen LogP contribution >= 0.6 is 0 Å². The maximum absolute atomic E-state index is 12.2. The quantitative estimate of drug-likeness (QED) is 0.547. The van der Waals surface area contributed by atoms with Crippen LogP contribution < -0.4 is 5.32 Å². The minimum Gasteiger partial charge on any atom is -0.481 e. The summed E-state index contributed by atoms with van der Waals surface area (Å²) in [5.74, 6) is -1.42. The van der Waals surface area contributed by atoms with E-state index in [0.717, 1.165) is 12.8 Å². The molecule has 1 rings (SSSR count). The molecule has 7 nitrogen and oxygen atoms in total. The Hall–Kier alpha value is -1.79. The van der Waals surface area contributed by atoms with Gasteiger partial charge < -0.3 is 19.9 Å². The fourth-order valence-corrected chi connectivity index (χ4v) is 2.89.